The molecule has 0 aliphatic carbocycles. The third-order valence-electron chi connectivity index (χ3n) is 2.85. The number of esters is 1. The molecule has 0 N–H and O–H groups in total. The van der Waals surface area contributed by atoms with Gasteiger partial charge < -0.3 is 9.47 Å². The summed E-state index contributed by atoms with van der Waals surface area (Å²) in [4.78, 5) is 15.6. The summed E-state index contributed by atoms with van der Waals surface area (Å²) in [6.07, 6.45) is -4.65. The Hall–Kier alpha value is -2.09. The minimum Gasteiger partial charge on any atom is -0.481 e. The Balaban J connectivity index is 2.23. The molecule has 0 saturated heterocycles. The number of hydrogen-bond donors (Lipinski definition) is 0. The molecule has 0 radical (unpaired) electrons. The first-order valence-corrected chi connectivity index (χ1v) is 7.15. The van der Waals surface area contributed by atoms with Crippen LogP contribution in [0.15, 0.2) is 40.9 Å². The van der Waals surface area contributed by atoms with E-state index in [1.165, 1.54) is 0 Å². The van der Waals surface area contributed by atoms with Gasteiger partial charge in [0.2, 0.25) is 5.88 Å². The maximum absolute atomic E-state index is 12.9. The van der Waals surface area contributed by atoms with E-state index in [4.69, 9.17) is 4.74 Å². The molecular weight excluding hydrogens is 379 g/mol. The molecule has 0 unspecified atom stereocenters. The van der Waals surface area contributed by atoms with Crippen molar-refractivity contribution in [2.45, 2.75) is 12.8 Å². The van der Waals surface area contributed by atoms with Crippen LogP contribution in [-0.4, -0.2) is 18.1 Å². The molecule has 0 saturated carbocycles. The SMILES string of the molecule is COc1nc(C(=O)OCc2ccccc2)c(Br)cc1C(F)(F)F. The van der Waals surface area contributed by atoms with Gasteiger partial charge in [-0.15, -0.1) is 0 Å². The smallest absolute Gasteiger partial charge is 0.421 e. The average molecular weight is 390 g/mol. The Morgan fingerprint density at radius 3 is 2.48 bits per heavy atom. The van der Waals surface area contributed by atoms with Crippen LogP contribution in [0, 0.1) is 0 Å². The predicted molar refractivity (Wildman–Crippen MR) is 79.1 cm³/mol. The fourth-order valence-corrected chi connectivity index (χ4v) is 2.24. The first-order valence-electron chi connectivity index (χ1n) is 6.35. The summed E-state index contributed by atoms with van der Waals surface area (Å²) in [5.41, 5.74) is -0.617. The van der Waals surface area contributed by atoms with Gasteiger partial charge in [0.15, 0.2) is 5.69 Å². The van der Waals surface area contributed by atoms with Crippen LogP contribution in [0.4, 0.5) is 13.2 Å². The van der Waals surface area contributed by atoms with Crippen molar-refractivity contribution < 1.29 is 27.4 Å². The second-order valence-corrected chi connectivity index (χ2v) is 5.29. The van der Waals surface area contributed by atoms with E-state index in [1.54, 1.807) is 24.3 Å². The highest BCUT2D eigenvalue weighted by molar-refractivity contribution is 9.10. The number of carbonyl (C=O) groups excluding carboxylic acids is 1. The zero-order valence-corrected chi connectivity index (χ0v) is 13.4. The van der Waals surface area contributed by atoms with Gasteiger partial charge in [0, 0.05) is 0 Å². The van der Waals surface area contributed by atoms with E-state index in [0.717, 1.165) is 18.7 Å². The van der Waals surface area contributed by atoms with E-state index >= 15 is 0 Å². The van der Waals surface area contributed by atoms with Crippen LogP contribution in [0.1, 0.15) is 21.6 Å². The Bertz CT molecular complexity index is 705. The van der Waals surface area contributed by atoms with Crippen molar-refractivity contribution in [2.24, 2.45) is 0 Å². The summed E-state index contributed by atoms with van der Waals surface area (Å²) in [6, 6.07) is 9.61. The molecule has 2 aromatic rings. The Morgan fingerprint density at radius 1 is 1.26 bits per heavy atom. The molecule has 4 nitrogen and oxygen atoms in total. The minimum atomic E-state index is -4.65. The lowest BCUT2D eigenvalue weighted by molar-refractivity contribution is -0.139. The molecule has 0 aliphatic rings. The standard InChI is InChI=1S/C15H11BrF3NO3/c1-22-13-10(15(17,18)19)7-11(16)12(20-13)14(21)23-8-9-5-3-2-4-6-9/h2-7H,8H2,1H3. The molecule has 2 rings (SSSR count). The van der Waals surface area contributed by atoms with Crippen LogP contribution in [0.25, 0.3) is 0 Å². The second-order valence-electron chi connectivity index (χ2n) is 4.44. The van der Waals surface area contributed by atoms with Gasteiger partial charge in [0.1, 0.15) is 12.2 Å². The largest absolute Gasteiger partial charge is 0.481 e. The molecular formula is C15H11BrF3NO3. The summed E-state index contributed by atoms with van der Waals surface area (Å²) in [6.45, 7) is -0.0167. The van der Waals surface area contributed by atoms with E-state index < -0.39 is 23.6 Å². The Labute approximate surface area is 138 Å². The number of benzene rings is 1. The summed E-state index contributed by atoms with van der Waals surface area (Å²) >= 11 is 2.91. The fraction of sp³-hybridized carbons (Fsp3) is 0.200. The van der Waals surface area contributed by atoms with Crippen LogP contribution in [-0.2, 0) is 17.5 Å². The quantitative estimate of drug-likeness (QED) is 0.734. The number of hydrogen-bond acceptors (Lipinski definition) is 4. The van der Waals surface area contributed by atoms with Gasteiger partial charge in [-0.2, -0.15) is 13.2 Å². The zero-order valence-electron chi connectivity index (χ0n) is 11.9. The third-order valence-corrected chi connectivity index (χ3v) is 3.45. The number of pyridine rings is 1. The number of nitrogens with zero attached hydrogens (tertiary/aromatic N) is 1. The number of halogens is 4. The molecule has 0 spiro atoms. The molecule has 0 aliphatic heterocycles. The maximum Gasteiger partial charge on any atom is 0.421 e. The molecule has 8 heteroatoms. The summed E-state index contributed by atoms with van der Waals surface area (Å²) in [5, 5.41) is 0. The topological polar surface area (TPSA) is 48.4 Å². The lowest BCUT2D eigenvalue weighted by atomic mass is 10.2. The van der Waals surface area contributed by atoms with Crippen LogP contribution in [0.5, 0.6) is 5.88 Å². The molecule has 1 heterocycles. The molecule has 1 aromatic heterocycles. The van der Waals surface area contributed by atoms with E-state index in [0.29, 0.717) is 0 Å². The monoisotopic (exact) mass is 389 g/mol. The summed E-state index contributed by atoms with van der Waals surface area (Å²) in [5.74, 6) is -1.54. The fourth-order valence-electron chi connectivity index (χ4n) is 1.77. The predicted octanol–water partition coefficient (Wildman–Crippen LogP) is 4.23. The van der Waals surface area contributed by atoms with Gasteiger partial charge in [0.25, 0.3) is 0 Å². The molecule has 1 aromatic carbocycles. The van der Waals surface area contributed by atoms with Crippen molar-refractivity contribution in [3.05, 3.63) is 57.7 Å². The molecule has 0 amide bonds. The van der Waals surface area contributed by atoms with Crippen LogP contribution >= 0.6 is 15.9 Å². The average Bonchev–Trinajstić information content (AvgIpc) is 2.52. The first-order chi connectivity index (χ1) is 10.8. The van der Waals surface area contributed by atoms with Crippen molar-refractivity contribution in [2.75, 3.05) is 7.11 Å². The van der Waals surface area contributed by atoms with Crippen LogP contribution in [0.2, 0.25) is 0 Å². The maximum atomic E-state index is 12.9. The number of rotatable bonds is 4. The summed E-state index contributed by atoms with van der Waals surface area (Å²) in [7, 11) is 1.05. The molecule has 23 heavy (non-hydrogen) atoms. The number of alkyl halides is 3. The van der Waals surface area contributed by atoms with Crippen molar-refractivity contribution in [1.29, 1.82) is 0 Å². The lowest BCUT2D eigenvalue weighted by Crippen LogP contribution is -2.14. The second kappa shape index (κ2) is 6.99. The van der Waals surface area contributed by atoms with Crippen molar-refractivity contribution in [3.63, 3.8) is 0 Å². The highest BCUT2D eigenvalue weighted by Crippen LogP contribution is 2.37. The third kappa shape index (κ3) is 4.22. The van der Waals surface area contributed by atoms with E-state index in [2.05, 4.69) is 25.7 Å². The molecule has 0 fully saturated rings. The van der Waals surface area contributed by atoms with Gasteiger partial charge in [-0.3, -0.25) is 0 Å². The van der Waals surface area contributed by atoms with Gasteiger partial charge in [-0.25, -0.2) is 9.78 Å². The zero-order chi connectivity index (χ0) is 17.0. The number of ether oxygens (including phenoxy) is 2. The van der Waals surface area contributed by atoms with E-state index in [1.807, 2.05) is 6.07 Å². The van der Waals surface area contributed by atoms with Gasteiger partial charge in [0.05, 0.1) is 11.6 Å². The van der Waals surface area contributed by atoms with E-state index in [9.17, 15) is 18.0 Å². The minimum absolute atomic E-state index is 0.0167. The normalized spacial score (nSPS) is 11.2. The first kappa shape index (κ1) is 17.3. The Kier molecular flexibility index (Phi) is 5.25. The van der Waals surface area contributed by atoms with Gasteiger partial charge >= 0.3 is 12.1 Å². The number of aromatic nitrogens is 1. The number of carbonyl (C=O) groups is 1. The van der Waals surface area contributed by atoms with Crippen molar-refractivity contribution in [3.8, 4) is 5.88 Å². The lowest BCUT2D eigenvalue weighted by Gasteiger charge is -2.13. The van der Waals surface area contributed by atoms with E-state index in [-0.39, 0.29) is 16.8 Å². The molecule has 0 atom stereocenters. The van der Waals surface area contributed by atoms with Crippen molar-refractivity contribution >= 4 is 21.9 Å². The summed E-state index contributed by atoms with van der Waals surface area (Å²) < 4.78 is 48.1. The van der Waals surface area contributed by atoms with Gasteiger partial charge in [-0.05, 0) is 27.6 Å². The Morgan fingerprint density at radius 2 is 1.91 bits per heavy atom. The van der Waals surface area contributed by atoms with Crippen LogP contribution < -0.4 is 4.74 Å². The van der Waals surface area contributed by atoms with Crippen LogP contribution in [0.3, 0.4) is 0 Å². The van der Waals surface area contributed by atoms with Crippen molar-refractivity contribution in [1.82, 2.24) is 4.98 Å². The van der Waals surface area contributed by atoms with Gasteiger partial charge in [-0.1, -0.05) is 30.3 Å². The molecule has 122 valence electrons. The number of methoxy groups -OCH3 is 1. The highest BCUT2D eigenvalue weighted by atomic mass is 79.9. The highest BCUT2D eigenvalue weighted by Gasteiger charge is 2.37. The molecule has 0 bridgehead atoms.